The average Bonchev–Trinajstić information content (AvgIpc) is 3.90. The molecule has 6 unspecified atom stereocenters. The van der Waals surface area contributed by atoms with Crippen LogP contribution in [-0.4, -0.2) is 117 Å². The number of aromatic amines is 1. The highest BCUT2D eigenvalue weighted by atomic mass is 19.1. The van der Waals surface area contributed by atoms with E-state index in [0.29, 0.717) is 44.0 Å². The summed E-state index contributed by atoms with van der Waals surface area (Å²) in [5.41, 5.74) is 6.81. The van der Waals surface area contributed by atoms with Crippen molar-refractivity contribution in [3.63, 3.8) is 0 Å². The third-order valence-electron chi connectivity index (χ3n) is 11.9. The molecule has 6 N–H and O–H groups in total. The lowest BCUT2D eigenvalue weighted by Crippen LogP contribution is -2.51. The van der Waals surface area contributed by atoms with E-state index in [1.165, 1.54) is 17.7 Å². The lowest BCUT2D eigenvalue weighted by atomic mass is 9.94. The molecule has 0 aliphatic carbocycles. The van der Waals surface area contributed by atoms with E-state index in [4.69, 9.17) is 0 Å². The van der Waals surface area contributed by atoms with E-state index in [0.717, 1.165) is 58.2 Å². The van der Waals surface area contributed by atoms with Crippen LogP contribution in [0.2, 0.25) is 0 Å². The first-order valence-electron chi connectivity index (χ1n) is 19.6. The second-order valence-corrected chi connectivity index (χ2v) is 15.3. The van der Waals surface area contributed by atoms with Crippen molar-refractivity contribution in [2.45, 2.75) is 108 Å². The van der Waals surface area contributed by atoms with Gasteiger partial charge in [-0.2, -0.15) is 0 Å². The number of rotatable bonds is 13. The molecule has 7 rings (SSSR count). The highest BCUT2D eigenvalue weighted by Gasteiger charge is 2.41. The monoisotopic (exact) mass is 743 g/mol. The maximum Gasteiger partial charge on any atom is 0.245 e. The van der Waals surface area contributed by atoms with E-state index in [1.807, 2.05) is 18.7 Å². The SMILES string of the molecule is CCC(NC)C(=O)N1CC(O)CC1Cc1c(-c2c(CC3CC(O)CN3C(=O)C(CC)NC(=O)CNC)c3cccc4c3n2CCC4)[nH]c2cc(F)ccc12. The van der Waals surface area contributed by atoms with Gasteiger partial charge in [-0.25, -0.2) is 4.39 Å². The number of hydrogen-bond donors (Lipinski definition) is 6. The summed E-state index contributed by atoms with van der Waals surface area (Å²) in [5.74, 6) is -0.878. The zero-order valence-corrected chi connectivity index (χ0v) is 31.8. The van der Waals surface area contributed by atoms with Gasteiger partial charge >= 0.3 is 0 Å². The molecule has 2 saturated heterocycles. The number of carbonyl (C=O) groups excluding carboxylic acids is 3. The lowest BCUT2D eigenvalue weighted by molar-refractivity contribution is -0.137. The second kappa shape index (κ2) is 15.8. The van der Waals surface area contributed by atoms with Gasteiger partial charge in [0.25, 0.3) is 0 Å². The van der Waals surface area contributed by atoms with Crippen molar-refractivity contribution in [3.8, 4) is 11.4 Å². The Balaban J connectivity index is 1.35. The number of benzene rings is 2. The maximum atomic E-state index is 14.9. The molecule has 2 aromatic heterocycles. The predicted octanol–water partition coefficient (Wildman–Crippen LogP) is 3.00. The van der Waals surface area contributed by atoms with Crippen LogP contribution in [0.1, 0.15) is 62.6 Å². The highest BCUT2D eigenvalue weighted by molar-refractivity contribution is 5.98. The molecule has 4 aromatic rings. The lowest BCUT2D eigenvalue weighted by Gasteiger charge is -2.29. The molecule has 3 aliphatic heterocycles. The summed E-state index contributed by atoms with van der Waals surface area (Å²) in [6.45, 7) is 5.13. The summed E-state index contributed by atoms with van der Waals surface area (Å²) >= 11 is 0. The number of aromatic nitrogens is 2. The standard InChI is InChI=1S/C41H54FN7O5/c1-5-33(44-4)40(53)48-21-27(50)16-25(48)18-31-29-13-12-24(42)15-35(29)46-37(31)39-32(30-11-7-9-23-10-8-14-47(39)38(23)30)19-26-17-28(51)22-49(26)41(54)34(6-2)45-36(52)20-43-3/h7,9,11-13,15,25-28,33-34,43-44,46,50-51H,5-6,8,10,14,16-22H2,1-4H3,(H,45,52). The molecule has 0 radical (unpaired) electrons. The van der Waals surface area contributed by atoms with Crippen molar-refractivity contribution in [1.82, 2.24) is 35.3 Å². The first kappa shape index (κ1) is 38.0. The smallest absolute Gasteiger partial charge is 0.245 e. The summed E-state index contributed by atoms with van der Waals surface area (Å²) < 4.78 is 17.2. The molecule has 12 nitrogen and oxygen atoms in total. The van der Waals surface area contributed by atoms with Gasteiger partial charge < -0.3 is 45.5 Å². The average molecular weight is 744 g/mol. The highest BCUT2D eigenvalue weighted by Crippen LogP contribution is 2.43. The molecule has 3 aliphatic rings. The van der Waals surface area contributed by atoms with Crippen LogP contribution in [-0.2, 0) is 40.2 Å². The fourth-order valence-corrected chi connectivity index (χ4v) is 9.37. The number of aliphatic hydroxyl groups is 2. The number of amides is 3. The molecule has 2 aromatic carbocycles. The molecule has 5 heterocycles. The zero-order chi connectivity index (χ0) is 38.3. The molecule has 0 bridgehead atoms. The van der Waals surface area contributed by atoms with E-state index in [9.17, 15) is 29.0 Å². The number of aryl methyl sites for hydroxylation is 2. The Bertz CT molecular complexity index is 2040. The molecule has 0 spiro atoms. The minimum absolute atomic E-state index is 0.0417. The second-order valence-electron chi connectivity index (χ2n) is 15.3. The van der Waals surface area contributed by atoms with Crippen LogP contribution in [0.25, 0.3) is 33.2 Å². The number of likely N-dealkylation sites (N-methyl/N-ethyl adjacent to an activating group) is 2. The molecule has 6 atom stereocenters. The molecular weight excluding hydrogens is 689 g/mol. The Hall–Kier alpha value is -4.30. The van der Waals surface area contributed by atoms with Gasteiger partial charge in [0, 0.05) is 48.0 Å². The Morgan fingerprint density at radius 3 is 2.22 bits per heavy atom. The number of halogens is 1. The van der Waals surface area contributed by atoms with Crippen LogP contribution >= 0.6 is 0 Å². The number of nitrogens with zero attached hydrogens (tertiary/aromatic N) is 3. The number of likely N-dealkylation sites (tertiary alicyclic amines) is 2. The topological polar surface area (TPSA) is 155 Å². The number of aliphatic hydroxyl groups excluding tert-OH is 2. The van der Waals surface area contributed by atoms with Crippen LogP contribution in [0.3, 0.4) is 0 Å². The van der Waals surface area contributed by atoms with Gasteiger partial charge in [-0.1, -0.05) is 32.0 Å². The van der Waals surface area contributed by atoms with Gasteiger partial charge in [0.2, 0.25) is 17.7 Å². The molecule has 290 valence electrons. The van der Waals surface area contributed by atoms with Crippen LogP contribution in [0.15, 0.2) is 36.4 Å². The number of β-amino-alcohol motifs (C(OH)–C–C–N with tert-alkyl or cyclic N) is 2. The number of hydrogen-bond acceptors (Lipinski definition) is 7. The molecule has 0 saturated carbocycles. The Morgan fingerprint density at radius 1 is 0.907 bits per heavy atom. The van der Waals surface area contributed by atoms with Crippen molar-refractivity contribution < 1.29 is 29.0 Å². The summed E-state index contributed by atoms with van der Waals surface area (Å²) in [7, 11) is 3.46. The van der Waals surface area contributed by atoms with Crippen molar-refractivity contribution in [1.29, 1.82) is 0 Å². The van der Waals surface area contributed by atoms with Gasteiger partial charge in [0.1, 0.15) is 11.9 Å². The van der Waals surface area contributed by atoms with E-state index in [1.54, 1.807) is 25.1 Å². The zero-order valence-electron chi connectivity index (χ0n) is 31.8. The molecule has 2 fully saturated rings. The Kier molecular flexibility index (Phi) is 11.1. The first-order chi connectivity index (χ1) is 26.1. The van der Waals surface area contributed by atoms with E-state index >= 15 is 0 Å². The van der Waals surface area contributed by atoms with Crippen molar-refractivity contribution in [3.05, 3.63) is 58.9 Å². The summed E-state index contributed by atoms with van der Waals surface area (Å²) in [6, 6.07) is 9.45. The van der Waals surface area contributed by atoms with E-state index < -0.39 is 18.2 Å². The van der Waals surface area contributed by atoms with Gasteiger partial charge in [-0.05, 0) is 100 Å². The summed E-state index contributed by atoms with van der Waals surface area (Å²) in [5, 5.41) is 32.7. The van der Waals surface area contributed by atoms with Gasteiger partial charge in [0.05, 0.1) is 41.7 Å². The van der Waals surface area contributed by atoms with Gasteiger partial charge in [-0.3, -0.25) is 14.4 Å². The fourth-order valence-electron chi connectivity index (χ4n) is 9.37. The first-order valence-corrected chi connectivity index (χ1v) is 19.6. The molecule has 54 heavy (non-hydrogen) atoms. The van der Waals surface area contributed by atoms with Crippen LogP contribution < -0.4 is 16.0 Å². The summed E-state index contributed by atoms with van der Waals surface area (Å²) in [6.07, 6.45) is 3.29. The molecular formula is C41H54FN7O5. The third kappa shape index (κ3) is 7.02. The van der Waals surface area contributed by atoms with Crippen LogP contribution in [0, 0.1) is 5.82 Å². The number of carbonyl (C=O) groups is 3. The van der Waals surface area contributed by atoms with Crippen LogP contribution in [0.4, 0.5) is 4.39 Å². The van der Waals surface area contributed by atoms with E-state index in [-0.39, 0.29) is 61.3 Å². The van der Waals surface area contributed by atoms with Crippen molar-refractivity contribution in [2.24, 2.45) is 0 Å². The number of para-hydroxylation sites is 1. The van der Waals surface area contributed by atoms with Crippen molar-refractivity contribution in [2.75, 3.05) is 33.7 Å². The van der Waals surface area contributed by atoms with Crippen molar-refractivity contribution >= 4 is 39.5 Å². The minimum atomic E-state index is -0.717. The van der Waals surface area contributed by atoms with Gasteiger partial charge in [0.15, 0.2) is 0 Å². The van der Waals surface area contributed by atoms with Crippen LogP contribution in [0.5, 0.6) is 0 Å². The fraction of sp³-hybridized carbons (Fsp3) is 0.537. The number of H-pyrrole nitrogens is 1. The largest absolute Gasteiger partial charge is 0.391 e. The normalized spacial score (nSPS) is 22.4. The Labute approximate surface area is 315 Å². The summed E-state index contributed by atoms with van der Waals surface area (Å²) in [4.78, 5) is 47.5. The Morgan fingerprint density at radius 2 is 1.57 bits per heavy atom. The van der Waals surface area contributed by atoms with E-state index in [2.05, 4.69) is 43.7 Å². The number of nitrogens with one attached hydrogen (secondary N) is 4. The number of fused-ring (bicyclic) bond motifs is 1. The minimum Gasteiger partial charge on any atom is -0.391 e. The molecule has 13 heteroatoms. The third-order valence-corrected chi connectivity index (χ3v) is 11.9. The van der Waals surface area contributed by atoms with Gasteiger partial charge in [-0.15, -0.1) is 0 Å². The molecule has 3 amide bonds. The maximum absolute atomic E-state index is 14.9. The predicted molar refractivity (Wildman–Crippen MR) is 206 cm³/mol. The quantitative estimate of drug-likeness (QED) is 0.123.